The van der Waals surface area contributed by atoms with Crippen LogP contribution in [0.2, 0.25) is 0 Å². The number of carbonyl (C=O) groups excluding carboxylic acids is 2. The van der Waals surface area contributed by atoms with Crippen LogP contribution in [0.3, 0.4) is 0 Å². The van der Waals surface area contributed by atoms with Crippen molar-refractivity contribution in [3.63, 3.8) is 0 Å². The molecule has 2 aromatic carbocycles. The molecule has 4 rings (SSSR count). The van der Waals surface area contributed by atoms with Gasteiger partial charge in [-0.1, -0.05) is 49.2 Å². The Balaban J connectivity index is 1.47. The van der Waals surface area contributed by atoms with Gasteiger partial charge in [0.1, 0.15) is 11.8 Å². The standard InChI is InChI=1S/C28H37N3O3/c1-21-12-13-25(34-2)24(20-21)29-27(32)26(22-10-6-5-7-11-22)30-18-14-23(15-19-30)28(33)31-16-8-3-4-9-17-31/h5-7,10-13,20,23,26H,3-4,8-9,14-19H2,1-2H3,(H,29,32)/t26-/m1/s1. The van der Waals surface area contributed by atoms with Crippen LogP contribution in [0.1, 0.15) is 55.7 Å². The Morgan fingerprint density at radius 3 is 2.26 bits per heavy atom. The van der Waals surface area contributed by atoms with Crippen molar-refractivity contribution in [1.82, 2.24) is 9.80 Å². The molecule has 0 aromatic heterocycles. The molecule has 2 aromatic rings. The minimum absolute atomic E-state index is 0.0608. The molecule has 182 valence electrons. The van der Waals surface area contributed by atoms with Crippen molar-refractivity contribution < 1.29 is 14.3 Å². The van der Waals surface area contributed by atoms with E-state index in [2.05, 4.69) is 15.1 Å². The largest absolute Gasteiger partial charge is 0.495 e. The Hall–Kier alpha value is -2.86. The molecule has 0 radical (unpaired) electrons. The number of hydrogen-bond acceptors (Lipinski definition) is 4. The van der Waals surface area contributed by atoms with E-state index in [-0.39, 0.29) is 11.8 Å². The fraction of sp³-hybridized carbons (Fsp3) is 0.500. The van der Waals surface area contributed by atoms with Crippen LogP contribution < -0.4 is 10.1 Å². The number of hydrogen-bond donors (Lipinski definition) is 1. The number of methoxy groups -OCH3 is 1. The highest BCUT2D eigenvalue weighted by atomic mass is 16.5. The predicted octanol–water partition coefficient (Wildman–Crippen LogP) is 4.80. The summed E-state index contributed by atoms with van der Waals surface area (Å²) in [6.45, 7) is 5.24. The summed E-state index contributed by atoms with van der Waals surface area (Å²) in [6, 6.07) is 15.3. The minimum atomic E-state index is -0.416. The molecular formula is C28H37N3O3. The van der Waals surface area contributed by atoms with Gasteiger partial charge in [0.05, 0.1) is 12.8 Å². The van der Waals surface area contributed by atoms with Crippen LogP contribution in [-0.2, 0) is 9.59 Å². The molecule has 2 aliphatic rings. The van der Waals surface area contributed by atoms with E-state index in [0.717, 1.165) is 63.0 Å². The van der Waals surface area contributed by atoms with Crippen molar-refractivity contribution in [3.05, 3.63) is 59.7 Å². The van der Waals surface area contributed by atoms with Gasteiger partial charge in [-0.05, 0) is 69.0 Å². The number of carbonyl (C=O) groups is 2. The van der Waals surface area contributed by atoms with E-state index >= 15 is 0 Å². The zero-order valence-electron chi connectivity index (χ0n) is 20.5. The van der Waals surface area contributed by atoms with Crippen LogP contribution in [-0.4, -0.2) is 54.9 Å². The van der Waals surface area contributed by atoms with E-state index in [0.29, 0.717) is 17.3 Å². The first-order chi connectivity index (χ1) is 16.6. The zero-order chi connectivity index (χ0) is 23.9. The second kappa shape index (κ2) is 11.5. The van der Waals surface area contributed by atoms with Crippen LogP contribution in [0.4, 0.5) is 5.69 Å². The molecule has 0 aliphatic carbocycles. The molecule has 6 nitrogen and oxygen atoms in total. The number of benzene rings is 2. The van der Waals surface area contributed by atoms with Crippen molar-refractivity contribution in [1.29, 1.82) is 0 Å². The minimum Gasteiger partial charge on any atom is -0.495 e. The third kappa shape index (κ3) is 5.79. The van der Waals surface area contributed by atoms with Gasteiger partial charge in [-0.3, -0.25) is 14.5 Å². The smallest absolute Gasteiger partial charge is 0.246 e. The van der Waals surface area contributed by atoms with Crippen molar-refractivity contribution in [2.24, 2.45) is 5.92 Å². The maximum absolute atomic E-state index is 13.6. The van der Waals surface area contributed by atoms with Gasteiger partial charge in [0.25, 0.3) is 0 Å². The highest BCUT2D eigenvalue weighted by molar-refractivity contribution is 5.97. The van der Waals surface area contributed by atoms with Crippen LogP contribution in [0.15, 0.2) is 48.5 Å². The van der Waals surface area contributed by atoms with Crippen molar-refractivity contribution in [2.75, 3.05) is 38.6 Å². The quantitative estimate of drug-likeness (QED) is 0.669. The molecule has 2 aliphatic heterocycles. The molecule has 0 saturated carbocycles. The maximum Gasteiger partial charge on any atom is 0.246 e. The van der Waals surface area contributed by atoms with Crippen LogP contribution >= 0.6 is 0 Å². The molecule has 2 fully saturated rings. The number of nitrogens with one attached hydrogen (secondary N) is 1. The summed E-state index contributed by atoms with van der Waals surface area (Å²) in [6.07, 6.45) is 6.26. The third-order valence-corrected chi connectivity index (χ3v) is 7.14. The first kappa shape index (κ1) is 24.3. The predicted molar refractivity (Wildman–Crippen MR) is 135 cm³/mol. The molecule has 1 atom stereocenters. The Bertz CT molecular complexity index is 962. The molecular weight excluding hydrogens is 426 g/mol. The van der Waals surface area contributed by atoms with E-state index in [4.69, 9.17) is 4.74 Å². The van der Waals surface area contributed by atoms with E-state index in [1.165, 1.54) is 12.8 Å². The van der Waals surface area contributed by atoms with Gasteiger partial charge in [-0.15, -0.1) is 0 Å². The number of piperidine rings is 1. The van der Waals surface area contributed by atoms with Gasteiger partial charge in [0, 0.05) is 19.0 Å². The monoisotopic (exact) mass is 463 g/mol. The molecule has 2 amide bonds. The van der Waals surface area contributed by atoms with Gasteiger partial charge in [-0.2, -0.15) is 0 Å². The second-order valence-corrected chi connectivity index (χ2v) is 9.56. The van der Waals surface area contributed by atoms with E-state index in [1.54, 1.807) is 7.11 Å². The molecule has 2 heterocycles. The van der Waals surface area contributed by atoms with Gasteiger partial charge < -0.3 is 15.0 Å². The average molecular weight is 464 g/mol. The van der Waals surface area contributed by atoms with E-state index < -0.39 is 6.04 Å². The summed E-state index contributed by atoms with van der Waals surface area (Å²) in [5, 5.41) is 3.11. The molecule has 34 heavy (non-hydrogen) atoms. The van der Waals surface area contributed by atoms with Crippen molar-refractivity contribution in [3.8, 4) is 5.75 Å². The SMILES string of the molecule is COc1ccc(C)cc1NC(=O)[C@@H](c1ccccc1)N1CCC(C(=O)N2CCCCCC2)CC1. The molecule has 0 bridgehead atoms. The van der Waals surface area contributed by atoms with E-state index in [1.807, 2.05) is 55.5 Å². The average Bonchev–Trinajstić information content (AvgIpc) is 3.15. The first-order valence-corrected chi connectivity index (χ1v) is 12.6. The normalized spacial score (nSPS) is 18.7. The van der Waals surface area contributed by atoms with Gasteiger partial charge in [-0.25, -0.2) is 0 Å². The Morgan fingerprint density at radius 2 is 1.62 bits per heavy atom. The number of aryl methyl sites for hydroxylation is 1. The summed E-state index contributed by atoms with van der Waals surface area (Å²) in [4.78, 5) is 31.1. The van der Waals surface area contributed by atoms with E-state index in [9.17, 15) is 9.59 Å². The highest BCUT2D eigenvalue weighted by Gasteiger charge is 2.35. The van der Waals surface area contributed by atoms with Crippen LogP contribution in [0, 0.1) is 12.8 Å². The molecule has 0 spiro atoms. The number of amides is 2. The number of nitrogens with zero attached hydrogens (tertiary/aromatic N) is 2. The Labute approximate surface area is 203 Å². The highest BCUT2D eigenvalue weighted by Crippen LogP contribution is 2.31. The fourth-order valence-corrected chi connectivity index (χ4v) is 5.24. The fourth-order valence-electron chi connectivity index (χ4n) is 5.24. The third-order valence-electron chi connectivity index (χ3n) is 7.14. The summed E-state index contributed by atoms with van der Waals surface area (Å²) in [7, 11) is 1.61. The Kier molecular flexibility index (Phi) is 8.22. The van der Waals surface area contributed by atoms with Crippen LogP contribution in [0.5, 0.6) is 5.75 Å². The van der Waals surface area contributed by atoms with Gasteiger partial charge >= 0.3 is 0 Å². The first-order valence-electron chi connectivity index (χ1n) is 12.6. The summed E-state index contributed by atoms with van der Waals surface area (Å²) in [5.74, 6) is 0.942. The lowest BCUT2D eigenvalue weighted by molar-refractivity contribution is -0.137. The van der Waals surface area contributed by atoms with Gasteiger partial charge in [0.2, 0.25) is 11.8 Å². The topological polar surface area (TPSA) is 61.9 Å². The van der Waals surface area contributed by atoms with Crippen molar-refractivity contribution in [2.45, 2.75) is 51.5 Å². The summed E-state index contributed by atoms with van der Waals surface area (Å²) < 4.78 is 5.47. The molecule has 0 unspecified atom stereocenters. The molecule has 2 saturated heterocycles. The van der Waals surface area contributed by atoms with Gasteiger partial charge in [0.15, 0.2) is 0 Å². The molecule has 1 N–H and O–H groups in total. The lowest BCUT2D eigenvalue weighted by Gasteiger charge is -2.38. The number of rotatable bonds is 6. The second-order valence-electron chi connectivity index (χ2n) is 9.56. The number of anilines is 1. The zero-order valence-corrected chi connectivity index (χ0v) is 20.5. The molecule has 6 heteroatoms. The summed E-state index contributed by atoms with van der Waals surface area (Å²) >= 11 is 0. The van der Waals surface area contributed by atoms with Crippen LogP contribution in [0.25, 0.3) is 0 Å². The lowest BCUT2D eigenvalue weighted by Crippen LogP contribution is -2.46. The number of ether oxygens (including phenoxy) is 1. The Morgan fingerprint density at radius 1 is 0.941 bits per heavy atom. The number of likely N-dealkylation sites (tertiary alicyclic amines) is 2. The summed E-state index contributed by atoms with van der Waals surface area (Å²) in [5.41, 5.74) is 2.70. The maximum atomic E-state index is 13.6. The lowest BCUT2D eigenvalue weighted by atomic mass is 9.92. The van der Waals surface area contributed by atoms with Crippen molar-refractivity contribution >= 4 is 17.5 Å².